The number of nitrogens with one attached hydrogen (secondary N) is 1. The molecule has 0 radical (unpaired) electrons. The zero-order valence-corrected chi connectivity index (χ0v) is 13.2. The number of nitrogens with zero attached hydrogens (tertiary/aromatic N) is 4. The summed E-state index contributed by atoms with van der Waals surface area (Å²) in [6.45, 7) is 2.26. The van der Waals surface area contributed by atoms with Gasteiger partial charge in [0.15, 0.2) is 5.69 Å². The highest BCUT2D eigenvalue weighted by Crippen LogP contribution is 2.17. The van der Waals surface area contributed by atoms with Crippen molar-refractivity contribution in [3.63, 3.8) is 0 Å². The Morgan fingerprint density at radius 1 is 1.48 bits per heavy atom. The molecule has 1 aromatic carbocycles. The highest BCUT2D eigenvalue weighted by molar-refractivity contribution is 9.10. The number of hydrogen-bond donors (Lipinski definition) is 2. The second-order valence-corrected chi connectivity index (χ2v) is 5.52. The minimum atomic E-state index is -0.442. The lowest BCUT2D eigenvalue weighted by Crippen LogP contribution is -2.30. The van der Waals surface area contributed by atoms with Gasteiger partial charge in [0.25, 0.3) is 5.91 Å². The number of nitrogen functional groups attached to an aromatic ring is 1. The molecule has 0 atom stereocenters. The van der Waals surface area contributed by atoms with Crippen LogP contribution in [0.15, 0.2) is 34.9 Å². The highest BCUT2D eigenvalue weighted by Gasteiger charge is 2.09. The van der Waals surface area contributed by atoms with Crippen LogP contribution in [0.3, 0.4) is 0 Å². The minimum Gasteiger partial charge on any atom is -0.300 e. The normalized spacial score (nSPS) is 10.9. The Kier molecular flexibility index (Phi) is 5.43. The first-order chi connectivity index (χ1) is 10.1. The van der Waals surface area contributed by atoms with Gasteiger partial charge in [-0.15, -0.1) is 5.10 Å². The second-order valence-electron chi connectivity index (χ2n) is 4.67. The zero-order chi connectivity index (χ0) is 15.2. The molecule has 1 heterocycles. The van der Waals surface area contributed by atoms with Crippen LogP contribution in [0.5, 0.6) is 0 Å². The molecule has 8 heteroatoms. The van der Waals surface area contributed by atoms with Crippen molar-refractivity contribution in [3.8, 4) is 0 Å². The molecule has 2 aromatic rings. The van der Waals surface area contributed by atoms with Gasteiger partial charge in [0.2, 0.25) is 0 Å². The number of rotatable bonds is 6. The van der Waals surface area contributed by atoms with Crippen LogP contribution in [0.2, 0.25) is 0 Å². The molecule has 0 saturated carbocycles. The summed E-state index contributed by atoms with van der Waals surface area (Å²) in [6, 6.07) is 8.12. The van der Waals surface area contributed by atoms with E-state index in [0.717, 1.165) is 17.6 Å². The maximum absolute atomic E-state index is 11.3. The van der Waals surface area contributed by atoms with Gasteiger partial charge in [-0.25, -0.2) is 5.84 Å². The summed E-state index contributed by atoms with van der Waals surface area (Å²) >= 11 is 3.54. The Hall–Kier alpha value is -1.77. The molecule has 0 unspecified atom stereocenters. The number of amides is 1. The molecule has 1 amide bonds. The summed E-state index contributed by atoms with van der Waals surface area (Å²) < 4.78 is 2.72. The van der Waals surface area contributed by atoms with Crippen LogP contribution in [0.25, 0.3) is 0 Å². The predicted molar refractivity (Wildman–Crippen MR) is 82.2 cm³/mol. The lowest BCUT2D eigenvalue weighted by molar-refractivity contribution is 0.0948. The SMILES string of the molecule is CN(CCn1cc(C(=O)NN)nn1)Cc1ccccc1Br. The van der Waals surface area contributed by atoms with E-state index in [1.54, 1.807) is 10.9 Å². The molecule has 3 N–H and O–H groups in total. The number of carbonyl (C=O) groups is 1. The summed E-state index contributed by atoms with van der Waals surface area (Å²) in [4.78, 5) is 13.4. The number of hydrogen-bond acceptors (Lipinski definition) is 5. The molecule has 0 aliphatic heterocycles. The Morgan fingerprint density at radius 2 is 2.24 bits per heavy atom. The molecule has 0 fully saturated rings. The molecule has 0 bridgehead atoms. The molecule has 0 aliphatic carbocycles. The molecule has 0 saturated heterocycles. The fourth-order valence-electron chi connectivity index (χ4n) is 1.86. The largest absolute Gasteiger partial charge is 0.300 e. The van der Waals surface area contributed by atoms with Gasteiger partial charge in [-0.1, -0.05) is 39.3 Å². The fraction of sp³-hybridized carbons (Fsp3) is 0.308. The summed E-state index contributed by atoms with van der Waals surface area (Å²) in [5, 5.41) is 7.65. The van der Waals surface area contributed by atoms with Crippen LogP contribution >= 0.6 is 15.9 Å². The van der Waals surface area contributed by atoms with E-state index in [4.69, 9.17) is 5.84 Å². The molecule has 21 heavy (non-hydrogen) atoms. The van der Waals surface area contributed by atoms with Gasteiger partial charge in [-0.2, -0.15) is 0 Å². The van der Waals surface area contributed by atoms with Crippen LogP contribution in [0.1, 0.15) is 16.1 Å². The minimum absolute atomic E-state index is 0.214. The number of likely N-dealkylation sites (N-methyl/N-ethyl adjacent to an activating group) is 1. The van der Waals surface area contributed by atoms with E-state index in [9.17, 15) is 4.79 Å². The van der Waals surface area contributed by atoms with E-state index in [1.807, 2.05) is 30.7 Å². The van der Waals surface area contributed by atoms with Gasteiger partial charge < -0.3 is 4.90 Å². The first-order valence-corrected chi connectivity index (χ1v) is 7.22. The van der Waals surface area contributed by atoms with E-state index in [1.165, 1.54) is 5.56 Å². The van der Waals surface area contributed by atoms with Crippen molar-refractivity contribution in [3.05, 3.63) is 46.2 Å². The average Bonchev–Trinajstić information content (AvgIpc) is 2.96. The van der Waals surface area contributed by atoms with E-state index >= 15 is 0 Å². The van der Waals surface area contributed by atoms with Gasteiger partial charge in [0.05, 0.1) is 12.7 Å². The molecule has 7 nitrogen and oxygen atoms in total. The lowest BCUT2D eigenvalue weighted by Gasteiger charge is -2.17. The molecule has 1 aromatic heterocycles. The first kappa shape index (κ1) is 15.6. The molecular formula is C13H17BrN6O. The summed E-state index contributed by atoms with van der Waals surface area (Å²) in [5.74, 6) is 4.60. The van der Waals surface area contributed by atoms with Gasteiger partial charge >= 0.3 is 0 Å². The van der Waals surface area contributed by atoms with Crippen molar-refractivity contribution in [2.24, 2.45) is 5.84 Å². The molecule has 2 rings (SSSR count). The van der Waals surface area contributed by atoms with Crippen LogP contribution in [-0.4, -0.2) is 39.4 Å². The quantitative estimate of drug-likeness (QED) is 0.455. The van der Waals surface area contributed by atoms with Gasteiger partial charge in [0, 0.05) is 17.6 Å². The van der Waals surface area contributed by atoms with Crippen molar-refractivity contribution in [2.75, 3.05) is 13.6 Å². The Balaban J connectivity index is 1.86. The van der Waals surface area contributed by atoms with Crippen molar-refractivity contribution < 1.29 is 4.79 Å². The van der Waals surface area contributed by atoms with Crippen molar-refractivity contribution in [2.45, 2.75) is 13.1 Å². The summed E-state index contributed by atoms with van der Waals surface area (Å²) in [5.41, 5.74) is 3.47. The van der Waals surface area contributed by atoms with Gasteiger partial charge in [-0.3, -0.25) is 14.9 Å². The summed E-state index contributed by atoms with van der Waals surface area (Å²) in [6.07, 6.45) is 1.58. The van der Waals surface area contributed by atoms with E-state index in [2.05, 4.69) is 37.2 Å². The molecular weight excluding hydrogens is 336 g/mol. The molecule has 0 aliphatic rings. The number of halogens is 1. The number of aromatic nitrogens is 3. The lowest BCUT2D eigenvalue weighted by atomic mass is 10.2. The predicted octanol–water partition coefficient (Wildman–Crippen LogP) is 0.776. The third kappa shape index (κ3) is 4.35. The molecule has 112 valence electrons. The summed E-state index contributed by atoms with van der Waals surface area (Å²) in [7, 11) is 2.03. The third-order valence-corrected chi connectivity index (χ3v) is 3.78. The number of benzene rings is 1. The van der Waals surface area contributed by atoms with Crippen LogP contribution < -0.4 is 11.3 Å². The van der Waals surface area contributed by atoms with E-state index < -0.39 is 5.91 Å². The van der Waals surface area contributed by atoms with Crippen LogP contribution in [0, 0.1) is 0 Å². The fourth-order valence-corrected chi connectivity index (χ4v) is 2.27. The Morgan fingerprint density at radius 3 is 2.95 bits per heavy atom. The molecule has 0 spiro atoms. The van der Waals surface area contributed by atoms with Crippen molar-refractivity contribution >= 4 is 21.8 Å². The maximum Gasteiger partial charge on any atom is 0.287 e. The van der Waals surface area contributed by atoms with Crippen molar-refractivity contribution in [1.29, 1.82) is 0 Å². The monoisotopic (exact) mass is 352 g/mol. The zero-order valence-electron chi connectivity index (χ0n) is 11.7. The highest BCUT2D eigenvalue weighted by atomic mass is 79.9. The third-order valence-electron chi connectivity index (χ3n) is 3.01. The Bertz CT molecular complexity index is 614. The van der Waals surface area contributed by atoms with Crippen LogP contribution in [-0.2, 0) is 13.1 Å². The number of nitrogens with two attached hydrogens (primary N) is 1. The van der Waals surface area contributed by atoms with Crippen LogP contribution in [0.4, 0.5) is 0 Å². The maximum atomic E-state index is 11.3. The first-order valence-electron chi connectivity index (χ1n) is 6.43. The topological polar surface area (TPSA) is 89.1 Å². The standard InChI is InChI=1S/C13H17BrN6O/c1-19(8-10-4-2-3-5-11(10)14)6-7-20-9-12(17-18-20)13(21)16-15/h2-5,9H,6-8,15H2,1H3,(H,16,21). The second kappa shape index (κ2) is 7.30. The van der Waals surface area contributed by atoms with Gasteiger partial charge in [0.1, 0.15) is 0 Å². The smallest absolute Gasteiger partial charge is 0.287 e. The van der Waals surface area contributed by atoms with Gasteiger partial charge in [-0.05, 0) is 18.7 Å². The van der Waals surface area contributed by atoms with E-state index in [-0.39, 0.29) is 5.69 Å². The number of carbonyl (C=O) groups excluding carboxylic acids is 1. The number of hydrazine groups is 1. The van der Waals surface area contributed by atoms with E-state index in [0.29, 0.717) is 6.54 Å². The van der Waals surface area contributed by atoms with Crippen molar-refractivity contribution in [1.82, 2.24) is 25.3 Å². The Labute approximate surface area is 131 Å². The average molecular weight is 353 g/mol.